The van der Waals surface area contributed by atoms with Gasteiger partial charge in [0.25, 0.3) is 0 Å². The third-order valence-electron chi connectivity index (χ3n) is 4.63. The molecule has 1 amide bonds. The van der Waals surface area contributed by atoms with Crippen LogP contribution in [0.25, 0.3) is 0 Å². The molecule has 5 heteroatoms. The van der Waals surface area contributed by atoms with Crippen LogP contribution in [0.15, 0.2) is 23.6 Å². The predicted molar refractivity (Wildman–Crippen MR) is 104 cm³/mol. The summed E-state index contributed by atoms with van der Waals surface area (Å²) in [4.78, 5) is 18.2. The SMILES string of the molecule is CC(=O)Nc1cc(CN2CCC[C@H](Cc3cc(C)nc(C)c3)C2)cs1. The maximum absolute atomic E-state index is 11.2. The van der Waals surface area contributed by atoms with E-state index in [0.717, 1.165) is 42.4 Å². The minimum absolute atomic E-state index is 0.00521. The van der Waals surface area contributed by atoms with Crippen molar-refractivity contribution in [3.63, 3.8) is 0 Å². The molecule has 0 spiro atoms. The molecule has 0 unspecified atom stereocenters. The van der Waals surface area contributed by atoms with Crippen LogP contribution in [0.5, 0.6) is 0 Å². The van der Waals surface area contributed by atoms with Crippen LogP contribution in [0.3, 0.4) is 0 Å². The first-order valence-corrected chi connectivity index (χ1v) is 9.87. The Morgan fingerprint density at radius 3 is 2.76 bits per heavy atom. The molecule has 3 heterocycles. The summed E-state index contributed by atoms with van der Waals surface area (Å²) in [6, 6.07) is 6.56. The molecule has 134 valence electrons. The third kappa shape index (κ3) is 5.38. The molecule has 1 aliphatic rings. The lowest BCUT2D eigenvalue weighted by atomic mass is 9.91. The average molecular weight is 358 g/mol. The van der Waals surface area contributed by atoms with E-state index < -0.39 is 0 Å². The number of nitrogens with zero attached hydrogens (tertiary/aromatic N) is 2. The van der Waals surface area contributed by atoms with Gasteiger partial charge in [-0.3, -0.25) is 14.7 Å². The highest BCUT2D eigenvalue weighted by Gasteiger charge is 2.21. The van der Waals surface area contributed by atoms with Crippen molar-refractivity contribution in [3.05, 3.63) is 46.1 Å². The molecule has 0 aliphatic carbocycles. The van der Waals surface area contributed by atoms with E-state index in [1.165, 1.54) is 24.0 Å². The van der Waals surface area contributed by atoms with E-state index in [1.54, 1.807) is 18.3 Å². The minimum atomic E-state index is -0.00521. The van der Waals surface area contributed by atoms with Crippen LogP contribution in [0.2, 0.25) is 0 Å². The van der Waals surface area contributed by atoms with Gasteiger partial charge in [-0.2, -0.15) is 0 Å². The summed E-state index contributed by atoms with van der Waals surface area (Å²) in [6.07, 6.45) is 3.70. The molecule has 1 atom stereocenters. The second kappa shape index (κ2) is 8.11. The number of likely N-dealkylation sites (tertiary alicyclic amines) is 1. The monoisotopic (exact) mass is 357 g/mol. The number of nitrogens with one attached hydrogen (secondary N) is 1. The Kier molecular flexibility index (Phi) is 5.86. The molecule has 0 radical (unpaired) electrons. The van der Waals surface area contributed by atoms with Crippen molar-refractivity contribution in [2.45, 2.75) is 46.6 Å². The number of carbonyl (C=O) groups excluding carboxylic acids is 1. The number of aryl methyl sites for hydroxylation is 2. The standard InChI is InChI=1S/C20H27N3OS/c1-14-7-18(8-15(2)21-14)9-17-5-4-6-23(11-17)12-19-10-20(25-13-19)22-16(3)24/h7-8,10,13,17H,4-6,9,11-12H2,1-3H3,(H,22,24)/t17-/m1/s1. The van der Waals surface area contributed by atoms with E-state index in [0.29, 0.717) is 5.92 Å². The number of aromatic nitrogens is 1. The van der Waals surface area contributed by atoms with Crippen LogP contribution < -0.4 is 5.32 Å². The largest absolute Gasteiger partial charge is 0.318 e. The van der Waals surface area contributed by atoms with Gasteiger partial charge in [0.05, 0.1) is 5.00 Å². The molecule has 0 saturated carbocycles. The Balaban J connectivity index is 1.57. The highest BCUT2D eigenvalue weighted by atomic mass is 32.1. The summed E-state index contributed by atoms with van der Waals surface area (Å²) in [7, 11) is 0. The molecule has 2 aromatic heterocycles. The van der Waals surface area contributed by atoms with Crippen LogP contribution in [-0.4, -0.2) is 28.9 Å². The molecule has 0 bridgehead atoms. The first kappa shape index (κ1) is 18.1. The maximum Gasteiger partial charge on any atom is 0.221 e. The first-order valence-electron chi connectivity index (χ1n) is 8.99. The molecule has 1 saturated heterocycles. The Morgan fingerprint density at radius 1 is 1.28 bits per heavy atom. The van der Waals surface area contributed by atoms with Gasteiger partial charge in [0.1, 0.15) is 0 Å². The summed E-state index contributed by atoms with van der Waals surface area (Å²) in [5.41, 5.74) is 4.95. The molecular weight excluding hydrogens is 330 g/mol. The summed E-state index contributed by atoms with van der Waals surface area (Å²) in [5.74, 6) is 0.706. The van der Waals surface area contributed by atoms with Crippen molar-refractivity contribution in [3.8, 4) is 0 Å². The van der Waals surface area contributed by atoms with Gasteiger partial charge in [-0.15, -0.1) is 11.3 Å². The fourth-order valence-corrected chi connectivity index (χ4v) is 4.63. The van der Waals surface area contributed by atoms with Gasteiger partial charge in [0.15, 0.2) is 0 Å². The zero-order valence-electron chi connectivity index (χ0n) is 15.3. The van der Waals surface area contributed by atoms with Crippen molar-refractivity contribution in [1.29, 1.82) is 0 Å². The topological polar surface area (TPSA) is 45.2 Å². The van der Waals surface area contributed by atoms with E-state index in [4.69, 9.17) is 0 Å². The molecule has 2 aromatic rings. The summed E-state index contributed by atoms with van der Waals surface area (Å²) >= 11 is 1.61. The van der Waals surface area contributed by atoms with Crippen molar-refractivity contribution < 1.29 is 4.79 Å². The summed E-state index contributed by atoms with van der Waals surface area (Å²) < 4.78 is 0. The number of pyridine rings is 1. The van der Waals surface area contributed by atoms with Gasteiger partial charge in [0.2, 0.25) is 5.91 Å². The van der Waals surface area contributed by atoms with Gasteiger partial charge in [0, 0.05) is 31.4 Å². The van der Waals surface area contributed by atoms with Gasteiger partial charge in [-0.25, -0.2) is 0 Å². The zero-order chi connectivity index (χ0) is 17.8. The third-order valence-corrected chi connectivity index (χ3v) is 5.52. The van der Waals surface area contributed by atoms with Gasteiger partial charge in [-0.05, 0) is 80.3 Å². The maximum atomic E-state index is 11.2. The second-order valence-corrected chi connectivity index (χ2v) is 8.12. The number of rotatable bonds is 5. The number of piperidine rings is 1. The van der Waals surface area contributed by atoms with E-state index in [9.17, 15) is 4.79 Å². The highest BCUT2D eigenvalue weighted by molar-refractivity contribution is 7.14. The fourth-order valence-electron chi connectivity index (χ4n) is 3.79. The van der Waals surface area contributed by atoms with Gasteiger partial charge in [-0.1, -0.05) is 0 Å². The van der Waals surface area contributed by atoms with Crippen LogP contribution in [0.4, 0.5) is 5.00 Å². The molecule has 1 fully saturated rings. The van der Waals surface area contributed by atoms with Crippen LogP contribution in [0.1, 0.15) is 42.3 Å². The lowest BCUT2D eigenvalue weighted by Crippen LogP contribution is -2.35. The van der Waals surface area contributed by atoms with Gasteiger partial charge >= 0.3 is 0 Å². The van der Waals surface area contributed by atoms with Crippen molar-refractivity contribution in [2.75, 3.05) is 18.4 Å². The Labute approximate surface area is 154 Å². The quantitative estimate of drug-likeness (QED) is 0.873. The second-order valence-electron chi connectivity index (χ2n) is 7.21. The number of hydrogen-bond acceptors (Lipinski definition) is 4. The molecule has 4 nitrogen and oxygen atoms in total. The van der Waals surface area contributed by atoms with Gasteiger partial charge < -0.3 is 5.32 Å². The molecule has 25 heavy (non-hydrogen) atoms. The molecule has 0 aromatic carbocycles. The van der Waals surface area contributed by atoms with E-state index in [2.05, 4.69) is 52.6 Å². The van der Waals surface area contributed by atoms with E-state index in [-0.39, 0.29) is 5.91 Å². The molecule has 1 aliphatic heterocycles. The Morgan fingerprint density at radius 2 is 2.04 bits per heavy atom. The molecular formula is C20H27N3OS. The number of amides is 1. The summed E-state index contributed by atoms with van der Waals surface area (Å²) in [6.45, 7) is 8.99. The Bertz CT molecular complexity index is 720. The minimum Gasteiger partial charge on any atom is -0.318 e. The van der Waals surface area contributed by atoms with Crippen LogP contribution in [0, 0.1) is 19.8 Å². The van der Waals surface area contributed by atoms with Crippen molar-refractivity contribution >= 4 is 22.2 Å². The zero-order valence-corrected chi connectivity index (χ0v) is 16.2. The molecule has 1 N–H and O–H groups in total. The molecule has 3 rings (SSSR count). The smallest absolute Gasteiger partial charge is 0.221 e. The normalized spacial score (nSPS) is 18.3. The highest BCUT2D eigenvalue weighted by Crippen LogP contribution is 2.26. The first-order chi connectivity index (χ1) is 12.0. The number of thiophene rings is 1. The van der Waals surface area contributed by atoms with Crippen molar-refractivity contribution in [1.82, 2.24) is 9.88 Å². The predicted octanol–water partition coefficient (Wildman–Crippen LogP) is 4.17. The number of hydrogen-bond donors (Lipinski definition) is 1. The Hall–Kier alpha value is -1.72. The number of carbonyl (C=O) groups is 1. The number of anilines is 1. The van der Waals surface area contributed by atoms with E-state index in [1.807, 2.05) is 0 Å². The van der Waals surface area contributed by atoms with Crippen LogP contribution >= 0.6 is 11.3 Å². The van der Waals surface area contributed by atoms with E-state index >= 15 is 0 Å². The summed E-state index contributed by atoms with van der Waals surface area (Å²) in [5, 5.41) is 5.97. The average Bonchev–Trinajstić information content (AvgIpc) is 2.92. The fraction of sp³-hybridized carbons (Fsp3) is 0.500. The lowest BCUT2D eigenvalue weighted by Gasteiger charge is -2.32. The van der Waals surface area contributed by atoms with Crippen LogP contribution in [-0.2, 0) is 17.8 Å². The lowest BCUT2D eigenvalue weighted by molar-refractivity contribution is -0.114. The van der Waals surface area contributed by atoms with Crippen molar-refractivity contribution in [2.24, 2.45) is 5.92 Å².